The summed E-state index contributed by atoms with van der Waals surface area (Å²) in [7, 11) is 0. The van der Waals surface area contributed by atoms with Crippen LogP contribution >= 0.6 is 0 Å². The van der Waals surface area contributed by atoms with Crippen molar-refractivity contribution in [1.82, 2.24) is 19.6 Å². The summed E-state index contributed by atoms with van der Waals surface area (Å²) in [6, 6.07) is 2.26. The Morgan fingerprint density at radius 1 is 1.43 bits per heavy atom. The highest BCUT2D eigenvalue weighted by atomic mass is 19.1. The summed E-state index contributed by atoms with van der Waals surface area (Å²) in [5, 5.41) is 25.7. The second kappa shape index (κ2) is 5.52. The maximum atomic E-state index is 13.3. The SMILES string of the molecule is CC(Nc1ccn2ncc(C(=O)O)c2n1)c1cc(F)cnc1O. The Morgan fingerprint density at radius 3 is 2.96 bits per heavy atom. The van der Waals surface area contributed by atoms with Gasteiger partial charge in [0.2, 0.25) is 5.88 Å². The number of anilines is 1. The molecule has 0 spiro atoms. The lowest BCUT2D eigenvalue weighted by Gasteiger charge is -2.15. The summed E-state index contributed by atoms with van der Waals surface area (Å²) in [4.78, 5) is 18.9. The molecule has 0 bridgehead atoms. The van der Waals surface area contributed by atoms with E-state index in [9.17, 15) is 14.3 Å². The highest BCUT2D eigenvalue weighted by Crippen LogP contribution is 2.25. The monoisotopic (exact) mass is 317 g/mol. The van der Waals surface area contributed by atoms with E-state index in [1.165, 1.54) is 16.8 Å². The minimum atomic E-state index is -1.13. The van der Waals surface area contributed by atoms with E-state index < -0.39 is 17.8 Å². The van der Waals surface area contributed by atoms with Crippen molar-refractivity contribution in [2.24, 2.45) is 0 Å². The van der Waals surface area contributed by atoms with E-state index in [2.05, 4.69) is 20.4 Å². The van der Waals surface area contributed by atoms with Crippen LogP contribution in [0.2, 0.25) is 0 Å². The number of aromatic hydroxyl groups is 1. The molecule has 0 aromatic carbocycles. The second-order valence-corrected chi connectivity index (χ2v) is 4.88. The first kappa shape index (κ1) is 14.7. The first-order valence-electron chi connectivity index (χ1n) is 6.64. The lowest BCUT2D eigenvalue weighted by molar-refractivity contribution is 0.0698. The minimum Gasteiger partial charge on any atom is -0.493 e. The van der Waals surface area contributed by atoms with Crippen LogP contribution < -0.4 is 5.32 Å². The zero-order chi connectivity index (χ0) is 16.6. The van der Waals surface area contributed by atoms with Crippen molar-refractivity contribution in [3.63, 3.8) is 0 Å². The molecule has 3 aromatic heterocycles. The van der Waals surface area contributed by atoms with E-state index in [1.54, 1.807) is 19.2 Å². The lowest BCUT2D eigenvalue weighted by Crippen LogP contribution is -2.10. The van der Waals surface area contributed by atoms with Gasteiger partial charge in [-0.05, 0) is 19.1 Å². The average molecular weight is 317 g/mol. The van der Waals surface area contributed by atoms with E-state index in [1.807, 2.05) is 0 Å². The van der Waals surface area contributed by atoms with Gasteiger partial charge in [-0.15, -0.1) is 0 Å². The van der Waals surface area contributed by atoms with Crippen LogP contribution in [-0.2, 0) is 0 Å². The van der Waals surface area contributed by atoms with E-state index in [0.29, 0.717) is 5.82 Å². The van der Waals surface area contributed by atoms with Crippen LogP contribution in [0, 0.1) is 5.82 Å². The van der Waals surface area contributed by atoms with Gasteiger partial charge in [0.25, 0.3) is 0 Å². The zero-order valence-corrected chi connectivity index (χ0v) is 11.9. The molecule has 1 unspecified atom stereocenters. The number of carboxylic acid groups (broad SMARTS) is 1. The van der Waals surface area contributed by atoms with E-state index in [4.69, 9.17) is 5.11 Å². The highest BCUT2D eigenvalue weighted by Gasteiger charge is 2.16. The van der Waals surface area contributed by atoms with Gasteiger partial charge in [0, 0.05) is 11.8 Å². The number of pyridine rings is 1. The van der Waals surface area contributed by atoms with Crippen LogP contribution in [-0.4, -0.2) is 35.8 Å². The molecule has 3 heterocycles. The average Bonchev–Trinajstić information content (AvgIpc) is 2.93. The molecule has 0 fully saturated rings. The van der Waals surface area contributed by atoms with Gasteiger partial charge in [-0.2, -0.15) is 5.10 Å². The van der Waals surface area contributed by atoms with Gasteiger partial charge in [-0.25, -0.2) is 23.7 Å². The molecule has 0 amide bonds. The number of hydrogen-bond donors (Lipinski definition) is 3. The van der Waals surface area contributed by atoms with Gasteiger partial charge < -0.3 is 15.5 Å². The first-order chi connectivity index (χ1) is 11.0. The number of carboxylic acids is 1. The number of fused-ring (bicyclic) bond motifs is 1. The van der Waals surface area contributed by atoms with Crippen LogP contribution in [0.5, 0.6) is 5.88 Å². The molecule has 23 heavy (non-hydrogen) atoms. The summed E-state index contributed by atoms with van der Waals surface area (Å²) < 4.78 is 14.6. The molecule has 3 N–H and O–H groups in total. The van der Waals surface area contributed by atoms with Crippen molar-refractivity contribution in [3.05, 3.63) is 47.7 Å². The van der Waals surface area contributed by atoms with Gasteiger partial charge in [0.1, 0.15) is 17.2 Å². The van der Waals surface area contributed by atoms with Gasteiger partial charge in [0.05, 0.1) is 18.4 Å². The molecule has 3 aromatic rings. The highest BCUT2D eigenvalue weighted by molar-refractivity contribution is 5.94. The normalized spacial score (nSPS) is 12.3. The van der Waals surface area contributed by atoms with Gasteiger partial charge in [0.15, 0.2) is 5.65 Å². The third-order valence-electron chi connectivity index (χ3n) is 3.29. The summed E-state index contributed by atoms with van der Waals surface area (Å²) in [5.41, 5.74) is 0.409. The number of rotatable bonds is 4. The Hall–Kier alpha value is -3.23. The van der Waals surface area contributed by atoms with Crippen molar-refractivity contribution in [3.8, 4) is 5.88 Å². The zero-order valence-electron chi connectivity index (χ0n) is 11.9. The molecule has 0 aliphatic rings. The van der Waals surface area contributed by atoms with Gasteiger partial charge in [-0.3, -0.25) is 0 Å². The number of aromatic carboxylic acids is 1. The Balaban J connectivity index is 1.93. The summed E-state index contributed by atoms with van der Waals surface area (Å²) >= 11 is 0. The Bertz CT molecular complexity index is 895. The van der Waals surface area contributed by atoms with E-state index >= 15 is 0 Å². The summed E-state index contributed by atoms with van der Waals surface area (Å²) in [5.74, 6) is -1.64. The topological polar surface area (TPSA) is 113 Å². The number of carbonyl (C=O) groups is 1. The Morgan fingerprint density at radius 2 is 2.22 bits per heavy atom. The van der Waals surface area contributed by atoms with Crippen LogP contribution in [0.3, 0.4) is 0 Å². The molecule has 3 rings (SSSR count). The maximum absolute atomic E-state index is 13.3. The standard InChI is InChI=1S/C14H12FN5O3/c1-7(9-4-8(15)5-16-13(9)21)18-11-2-3-20-12(19-11)10(6-17-20)14(22)23/h2-7H,1H3,(H,16,21)(H,18,19)(H,22,23). The molecule has 9 heteroatoms. The number of nitrogens with one attached hydrogen (secondary N) is 1. The summed E-state index contributed by atoms with van der Waals surface area (Å²) in [6.45, 7) is 1.69. The molecule has 0 radical (unpaired) electrons. The number of aromatic nitrogens is 4. The Labute approximate surface area is 129 Å². The van der Waals surface area contributed by atoms with Crippen LogP contribution in [0.4, 0.5) is 10.2 Å². The first-order valence-corrected chi connectivity index (χ1v) is 6.64. The molecule has 0 saturated carbocycles. The predicted octanol–water partition coefficient (Wildman–Crippen LogP) is 1.84. The quantitative estimate of drug-likeness (QED) is 0.673. The fourth-order valence-corrected chi connectivity index (χ4v) is 2.17. The van der Waals surface area contributed by atoms with Crippen LogP contribution in [0.15, 0.2) is 30.7 Å². The third-order valence-corrected chi connectivity index (χ3v) is 3.29. The van der Waals surface area contributed by atoms with Crippen molar-refractivity contribution in [2.75, 3.05) is 5.32 Å². The largest absolute Gasteiger partial charge is 0.493 e. The third kappa shape index (κ3) is 2.76. The number of halogens is 1. The second-order valence-electron chi connectivity index (χ2n) is 4.88. The van der Waals surface area contributed by atoms with Gasteiger partial charge in [-0.1, -0.05) is 0 Å². The molecule has 118 valence electrons. The van der Waals surface area contributed by atoms with Gasteiger partial charge >= 0.3 is 5.97 Å². The van der Waals surface area contributed by atoms with Crippen molar-refractivity contribution in [2.45, 2.75) is 13.0 Å². The minimum absolute atomic E-state index is 0.0310. The number of hydrogen-bond acceptors (Lipinski definition) is 6. The molecule has 1 atom stereocenters. The fraction of sp³-hybridized carbons (Fsp3) is 0.143. The van der Waals surface area contributed by atoms with E-state index in [0.717, 1.165) is 6.20 Å². The Kier molecular flexibility index (Phi) is 3.53. The molecule has 0 aliphatic heterocycles. The molecule has 8 nitrogen and oxygen atoms in total. The molecule has 0 saturated heterocycles. The van der Waals surface area contributed by atoms with Crippen molar-refractivity contribution >= 4 is 17.4 Å². The fourth-order valence-electron chi connectivity index (χ4n) is 2.17. The van der Waals surface area contributed by atoms with Crippen molar-refractivity contribution < 1.29 is 19.4 Å². The number of nitrogens with zero attached hydrogens (tertiary/aromatic N) is 4. The van der Waals surface area contributed by atoms with Crippen LogP contribution in [0.25, 0.3) is 5.65 Å². The summed E-state index contributed by atoms with van der Waals surface area (Å²) in [6.07, 6.45) is 3.68. The molecular weight excluding hydrogens is 305 g/mol. The lowest BCUT2D eigenvalue weighted by atomic mass is 10.1. The molecular formula is C14H12FN5O3. The molecule has 0 aliphatic carbocycles. The maximum Gasteiger partial charge on any atom is 0.341 e. The smallest absolute Gasteiger partial charge is 0.341 e. The van der Waals surface area contributed by atoms with E-state index in [-0.39, 0.29) is 22.7 Å². The predicted molar refractivity (Wildman–Crippen MR) is 77.8 cm³/mol. The van der Waals surface area contributed by atoms with Crippen LogP contribution in [0.1, 0.15) is 28.9 Å². The van der Waals surface area contributed by atoms with Crippen molar-refractivity contribution in [1.29, 1.82) is 0 Å².